The van der Waals surface area contributed by atoms with E-state index < -0.39 is 5.91 Å². The Morgan fingerprint density at radius 3 is 2.37 bits per heavy atom. The fraction of sp³-hybridized carbons (Fsp3) is 0.444. The van der Waals surface area contributed by atoms with Crippen LogP contribution in [-0.2, 0) is 9.53 Å². The summed E-state index contributed by atoms with van der Waals surface area (Å²) in [6, 6.07) is 8.36. The van der Waals surface area contributed by atoms with E-state index in [2.05, 4.69) is 94.6 Å². The van der Waals surface area contributed by atoms with Crippen LogP contribution in [0.25, 0.3) is 11.4 Å². The van der Waals surface area contributed by atoms with Gasteiger partial charge in [0.25, 0.3) is 5.91 Å². The lowest BCUT2D eigenvalue weighted by atomic mass is 10.1. The number of allylic oxidation sites excluding steroid dienone is 2. The van der Waals surface area contributed by atoms with Crippen LogP contribution in [0.3, 0.4) is 0 Å². The lowest BCUT2D eigenvalue weighted by Gasteiger charge is -2.31. The monoisotopic (exact) mass is 674 g/mol. The number of rotatable bonds is 17. The minimum absolute atomic E-state index is 0.0882. The first kappa shape index (κ1) is 40.5. The van der Waals surface area contributed by atoms with Gasteiger partial charge in [0.1, 0.15) is 5.69 Å². The van der Waals surface area contributed by atoms with Gasteiger partial charge in [0.2, 0.25) is 0 Å². The Balaban J connectivity index is 0.00000409. The highest BCUT2D eigenvalue weighted by Crippen LogP contribution is 2.37. The molecule has 1 aliphatic heterocycles. The molecule has 1 aromatic carbocycles. The van der Waals surface area contributed by atoms with Crippen LogP contribution >= 0.6 is 0 Å². The Kier molecular flexibility index (Phi) is 18.2. The van der Waals surface area contributed by atoms with Crippen molar-refractivity contribution in [2.24, 2.45) is 15.0 Å². The third kappa shape index (κ3) is 12.7. The average molecular weight is 675 g/mol. The van der Waals surface area contributed by atoms with E-state index in [1.54, 1.807) is 5.48 Å². The van der Waals surface area contributed by atoms with Gasteiger partial charge in [0.05, 0.1) is 25.5 Å². The lowest BCUT2D eigenvalue weighted by Crippen LogP contribution is -2.37. The number of likely N-dealkylation sites (N-methyl/N-ethyl adjacent to an activating group) is 2. The van der Waals surface area contributed by atoms with E-state index in [-0.39, 0.29) is 5.57 Å². The molecule has 49 heavy (non-hydrogen) atoms. The highest BCUT2D eigenvalue weighted by atomic mass is 16.5. The maximum atomic E-state index is 11.7. The predicted molar refractivity (Wildman–Crippen MR) is 204 cm³/mol. The highest BCUT2D eigenvalue weighted by molar-refractivity contribution is 6.11. The number of morpholine rings is 1. The third-order valence-corrected chi connectivity index (χ3v) is 7.41. The molecule has 13 heteroatoms. The highest BCUT2D eigenvalue weighted by Gasteiger charge is 2.23. The van der Waals surface area contributed by atoms with Crippen LogP contribution in [0.1, 0.15) is 34.6 Å². The van der Waals surface area contributed by atoms with Crippen LogP contribution < -0.4 is 20.2 Å². The van der Waals surface area contributed by atoms with Crippen molar-refractivity contribution in [3.8, 4) is 11.4 Å². The molecule has 0 bridgehead atoms. The van der Waals surface area contributed by atoms with E-state index in [1.807, 2.05) is 44.7 Å². The van der Waals surface area contributed by atoms with E-state index >= 15 is 0 Å². The first-order valence-corrected chi connectivity index (χ1v) is 16.5. The number of nitrogens with zero attached hydrogens (tertiary/aromatic N) is 9. The molecule has 1 fully saturated rings. The second kappa shape index (κ2) is 22.0. The molecule has 0 unspecified atom stereocenters. The zero-order chi connectivity index (χ0) is 36.2. The molecule has 1 aliphatic rings. The van der Waals surface area contributed by atoms with Crippen LogP contribution in [-0.4, -0.2) is 119 Å². The summed E-state index contributed by atoms with van der Waals surface area (Å²) in [4.78, 5) is 42.6. The van der Waals surface area contributed by atoms with Crippen molar-refractivity contribution in [3.05, 3.63) is 59.8 Å². The first-order valence-electron chi connectivity index (χ1n) is 16.5. The number of aromatic nitrogens is 2. The molecule has 1 amide bonds. The van der Waals surface area contributed by atoms with Crippen molar-refractivity contribution in [2.75, 3.05) is 87.9 Å². The fourth-order valence-corrected chi connectivity index (χ4v) is 4.69. The number of amides is 1. The Bertz CT molecular complexity index is 1460. The molecule has 266 valence electrons. The summed E-state index contributed by atoms with van der Waals surface area (Å²) in [5.74, 6) is 1.29. The molecule has 0 saturated carbocycles. The Morgan fingerprint density at radius 1 is 1.08 bits per heavy atom. The number of hydroxylamine groups is 1. The van der Waals surface area contributed by atoms with Crippen molar-refractivity contribution >= 4 is 48.6 Å². The molecule has 1 aromatic heterocycles. The van der Waals surface area contributed by atoms with Gasteiger partial charge < -0.3 is 19.4 Å². The second-order valence-electron chi connectivity index (χ2n) is 11.3. The van der Waals surface area contributed by atoms with Crippen LogP contribution in [0.15, 0.2) is 74.8 Å². The number of carbonyl (C=O) groups is 1. The molecular weight excluding hydrogens is 620 g/mol. The molecule has 1 saturated heterocycles. The number of ether oxygens (including phenoxy) is 1. The Morgan fingerprint density at radius 2 is 1.78 bits per heavy atom. The molecular formula is C36H54N10O3. The van der Waals surface area contributed by atoms with Crippen LogP contribution in [0.5, 0.6) is 0 Å². The van der Waals surface area contributed by atoms with Crippen LogP contribution in [0, 0.1) is 0 Å². The van der Waals surface area contributed by atoms with E-state index in [0.717, 1.165) is 30.2 Å². The minimum Gasteiger partial charge on any atom is -0.378 e. The van der Waals surface area contributed by atoms with E-state index in [0.29, 0.717) is 63.4 Å². The van der Waals surface area contributed by atoms with E-state index in [1.165, 1.54) is 18.0 Å². The van der Waals surface area contributed by atoms with Crippen molar-refractivity contribution in [2.45, 2.75) is 34.6 Å². The van der Waals surface area contributed by atoms with E-state index in [4.69, 9.17) is 19.9 Å². The van der Waals surface area contributed by atoms with Crippen molar-refractivity contribution in [3.63, 3.8) is 0 Å². The number of nitrogens with one attached hydrogen (secondary N) is 1. The number of benzene rings is 1. The fourth-order valence-electron chi connectivity index (χ4n) is 4.69. The lowest BCUT2D eigenvalue weighted by molar-refractivity contribution is -0.124. The maximum Gasteiger partial charge on any atom is 0.277 e. The van der Waals surface area contributed by atoms with E-state index in [9.17, 15) is 4.79 Å². The molecule has 0 spiro atoms. The van der Waals surface area contributed by atoms with Gasteiger partial charge in [0.15, 0.2) is 17.5 Å². The number of hydrogen-bond donors (Lipinski definition) is 2. The molecule has 13 nitrogen and oxygen atoms in total. The van der Waals surface area contributed by atoms with Crippen LogP contribution in [0.2, 0.25) is 0 Å². The summed E-state index contributed by atoms with van der Waals surface area (Å²) in [5.41, 5.74) is 5.58. The van der Waals surface area contributed by atoms with Gasteiger partial charge in [-0.1, -0.05) is 37.6 Å². The SMILES string of the molecule is C=N/C=C(\C=N/CN(C)CCN(C)c1nc(-c2ccc(N(CC=C(C)C)C/C=C\C)cc2)nc(N2CCOCC2)c1N=C)C(=O)NO.CC. The molecule has 0 aliphatic carbocycles. The van der Waals surface area contributed by atoms with Gasteiger partial charge in [-0.25, -0.2) is 15.4 Å². The number of anilines is 3. The molecule has 2 N–H and O–H groups in total. The summed E-state index contributed by atoms with van der Waals surface area (Å²) in [7, 11) is 3.89. The average Bonchev–Trinajstić information content (AvgIpc) is 3.13. The zero-order valence-corrected chi connectivity index (χ0v) is 30.3. The summed E-state index contributed by atoms with van der Waals surface area (Å²) in [6.45, 7) is 23.2. The van der Waals surface area contributed by atoms with Crippen molar-refractivity contribution in [1.82, 2.24) is 20.3 Å². The van der Waals surface area contributed by atoms with Crippen LogP contribution in [0.4, 0.5) is 23.0 Å². The normalized spacial score (nSPS) is 13.2. The Hall–Kier alpha value is -4.72. The summed E-state index contributed by atoms with van der Waals surface area (Å²) < 4.78 is 5.61. The Labute approximate surface area is 292 Å². The third-order valence-electron chi connectivity index (χ3n) is 7.41. The van der Waals surface area contributed by atoms with Gasteiger partial charge in [-0.3, -0.25) is 29.9 Å². The molecule has 3 rings (SSSR count). The summed E-state index contributed by atoms with van der Waals surface area (Å²) >= 11 is 0. The maximum absolute atomic E-state index is 11.7. The number of carbonyl (C=O) groups excluding carboxylic acids is 1. The number of hydrogen-bond acceptors (Lipinski definition) is 12. The minimum atomic E-state index is -0.715. The topological polar surface area (TPSA) is 134 Å². The van der Waals surface area contributed by atoms with Gasteiger partial charge in [0, 0.05) is 70.0 Å². The van der Waals surface area contributed by atoms with Gasteiger partial charge in [-0.2, -0.15) is 0 Å². The van der Waals surface area contributed by atoms with Crippen molar-refractivity contribution < 1.29 is 14.7 Å². The summed E-state index contributed by atoms with van der Waals surface area (Å²) in [6.07, 6.45) is 9.02. The molecule has 0 atom stereocenters. The predicted octanol–water partition coefficient (Wildman–Crippen LogP) is 5.17. The van der Waals surface area contributed by atoms with Gasteiger partial charge in [-0.15, -0.1) is 0 Å². The molecule has 0 radical (unpaired) electrons. The standard InChI is InChI=1S/C34H48N10O3.C2H6/c1-8-9-15-43(16-14-26(2)3)29-12-10-27(11-13-29)31-38-32(30(36-5)33(39-31)44-19-21-47-22-20-44)42(7)18-17-41(6)25-37-24-28(23-35-4)34(45)40-46;1-2/h8-14,23-24,46H,4-5,15-22,25H2,1-3,6-7H3,(H,40,45);1-2H3/b9-8-,28-23+,37-24-;. The second-order valence-corrected chi connectivity index (χ2v) is 11.3. The van der Waals surface area contributed by atoms with Gasteiger partial charge in [-0.05, 0) is 65.5 Å². The molecule has 2 aromatic rings. The first-order chi connectivity index (χ1) is 23.7. The molecule has 2 heterocycles. The quantitative estimate of drug-likeness (QED) is 0.0766. The zero-order valence-electron chi connectivity index (χ0n) is 30.3. The number of aliphatic imine (C=N–C) groups is 3. The van der Waals surface area contributed by atoms with Crippen molar-refractivity contribution in [1.29, 1.82) is 0 Å². The largest absolute Gasteiger partial charge is 0.378 e. The summed E-state index contributed by atoms with van der Waals surface area (Å²) in [5, 5.41) is 8.91. The van der Waals surface area contributed by atoms with Gasteiger partial charge >= 0.3 is 0 Å². The smallest absolute Gasteiger partial charge is 0.277 e.